The molecule has 3 N–H and O–H groups in total. The van der Waals surface area contributed by atoms with Crippen molar-refractivity contribution in [2.24, 2.45) is 0 Å². The topological polar surface area (TPSA) is 60.2 Å². The molecule has 20 heavy (non-hydrogen) atoms. The van der Waals surface area contributed by atoms with Crippen molar-refractivity contribution in [2.75, 3.05) is 30.8 Å². The molecule has 1 aromatic carbocycles. The molecule has 0 radical (unpaired) electrons. The summed E-state index contributed by atoms with van der Waals surface area (Å²) in [5.74, 6) is 0. The van der Waals surface area contributed by atoms with E-state index in [0.717, 1.165) is 49.2 Å². The summed E-state index contributed by atoms with van der Waals surface area (Å²) in [6.07, 6.45) is 5.00. The largest absolute Gasteiger partial charge is 0.396 e. The summed E-state index contributed by atoms with van der Waals surface area (Å²) in [6, 6.07) is 8.02. The summed E-state index contributed by atoms with van der Waals surface area (Å²) in [5.41, 5.74) is 8.64. The zero-order chi connectivity index (χ0) is 14.2. The second-order valence-corrected chi connectivity index (χ2v) is 4.85. The van der Waals surface area contributed by atoms with Gasteiger partial charge in [0.1, 0.15) is 0 Å². The quantitative estimate of drug-likeness (QED) is 0.723. The van der Waals surface area contributed by atoms with Crippen LogP contribution in [0.4, 0.5) is 11.4 Å². The van der Waals surface area contributed by atoms with Gasteiger partial charge in [0, 0.05) is 25.1 Å². The molecular weight excluding hydrogens is 250 g/mol. The van der Waals surface area contributed by atoms with Crippen molar-refractivity contribution in [1.82, 2.24) is 4.98 Å². The number of benzene rings is 1. The highest BCUT2D eigenvalue weighted by Crippen LogP contribution is 2.27. The Hall–Kier alpha value is -1.81. The Balaban J connectivity index is 1.88. The number of hydrogen-bond donors (Lipinski definition) is 2. The molecule has 2 rings (SSSR count). The third-order valence-corrected chi connectivity index (χ3v) is 3.21. The Morgan fingerprint density at radius 2 is 2.00 bits per heavy atom. The fraction of sp³-hybridized carbons (Fsp3) is 0.438. The molecule has 0 aliphatic carbocycles. The molecule has 2 aromatic rings. The number of pyridine rings is 1. The fourth-order valence-electron chi connectivity index (χ4n) is 2.09. The molecule has 0 bridgehead atoms. The number of nitrogens with zero attached hydrogens (tertiary/aromatic N) is 1. The number of ether oxygens (including phenoxy) is 1. The van der Waals surface area contributed by atoms with Gasteiger partial charge in [-0.15, -0.1) is 0 Å². The Bertz CT molecular complexity index is 542. The molecule has 108 valence electrons. The first-order chi connectivity index (χ1) is 9.83. The number of nitrogens with two attached hydrogens (primary N) is 1. The Labute approximate surface area is 120 Å². The molecule has 0 saturated carbocycles. The van der Waals surface area contributed by atoms with Gasteiger partial charge >= 0.3 is 0 Å². The molecule has 0 saturated heterocycles. The Morgan fingerprint density at radius 3 is 2.85 bits per heavy atom. The van der Waals surface area contributed by atoms with Crippen molar-refractivity contribution in [3.05, 3.63) is 30.5 Å². The number of hydrogen-bond acceptors (Lipinski definition) is 4. The Kier molecular flexibility index (Phi) is 5.62. The molecule has 0 spiro atoms. The average molecular weight is 273 g/mol. The van der Waals surface area contributed by atoms with E-state index in [0.29, 0.717) is 5.69 Å². The third kappa shape index (κ3) is 3.84. The maximum absolute atomic E-state index is 6.01. The van der Waals surface area contributed by atoms with Crippen LogP contribution in [0.15, 0.2) is 30.5 Å². The second-order valence-electron chi connectivity index (χ2n) is 4.85. The number of rotatable bonds is 8. The van der Waals surface area contributed by atoms with E-state index in [1.807, 2.05) is 24.3 Å². The van der Waals surface area contributed by atoms with E-state index in [9.17, 15) is 0 Å². The van der Waals surface area contributed by atoms with Crippen molar-refractivity contribution < 1.29 is 4.74 Å². The lowest BCUT2D eigenvalue weighted by molar-refractivity contribution is 0.131. The highest BCUT2D eigenvalue weighted by atomic mass is 16.5. The van der Waals surface area contributed by atoms with E-state index in [-0.39, 0.29) is 0 Å². The molecule has 0 atom stereocenters. The molecule has 1 aromatic heterocycles. The van der Waals surface area contributed by atoms with E-state index in [4.69, 9.17) is 10.5 Å². The minimum absolute atomic E-state index is 0.690. The van der Waals surface area contributed by atoms with Crippen molar-refractivity contribution in [1.29, 1.82) is 0 Å². The molecule has 0 fully saturated rings. The fourth-order valence-corrected chi connectivity index (χ4v) is 2.09. The van der Waals surface area contributed by atoms with Gasteiger partial charge in [0.05, 0.1) is 23.1 Å². The van der Waals surface area contributed by atoms with Gasteiger partial charge in [0.2, 0.25) is 0 Å². The molecule has 4 nitrogen and oxygen atoms in total. The van der Waals surface area contributed by atoms with Crippen LogP contribution in [0.3, 0.4) is 0 Å². The van der Waals surface area contributed by atoms with Crippen molar-refractivity contribution in [3.8, 4) is 0 Å². The number of fused-ring (bicyclic) bond motifs is 1. The van der Waals surface area contributed by atoms with Gasteiger partial charge in [-0.1, -0.05) is 31.5 Å². The lowest BCUT2D eigenvalue weighted by atomic mass is 10.1. The van der Waals surface area contributed by atoms with Crippen LogP contribution in [0, 0.1) is 0 Å². The number of nitrogen functional groups attached to an aromatic ring is 1. The van der Waals surface area contributed by atoms with Gasteiger partial charge in [-0.3, -0.25) is 4.98 Å². The third-order valence-electron chi connectivity index (χ3n) is 3.21. The number of nitrogens with one attached hydrogen (secondary N) is 1. The van der Waals surface area contributed by atoms with Crippen LogP contribution in [-0.2, 0) is 4.74 Å². The van der Waals surface area contributed by atoms with E-state index in [1.165, 1.54) is 6.42 Å². The van der Waals surface area contributed by atoms with E-state index < -0.39 is 0 Å². The number of aromatic nitrogens is 1. The van der Waals surface area contributed by atoms with Gasteiger partial charge in [-0.05, 0) is 18.9 Å². The monoisotopic (exact) mass is 273 g/mol. The van der Waals surface area contributed by atoms with Gasteiger partial charge < -0.3 is 15.8 Å². The Morgan fingerprint density at radius 1 is 1.20 bits per heavy atom. The van der Waals surface area contributed by atoms with Crippen molar-refractivity contribution in [2.45, 2.75) is 26.2 Å². The van der Waals surface area contributed by atoms with Crippen LogP contribution in [0.5, 0.6) is 0 Å². The van der Waals surface area contributed by atoms with Crippen LogP contribution >= 0.6 is 0 Å². The number of para-hydroxylation sites is 1. The van der Waals surface area contributed by atoms with Crippen LogP contribution in [0.1, 0.15) is 26.2 Å². The SMILES string of the molecule is CCCCOCCCNc1c(N)cnc2ccccc12. The first-order valence-electron chi connectivity index (χ1n) is 7.27. The maximum Gasteiger partial charge on any atom is 0.0743 e. The predicted octanol–water partition coefficient (Wildman–Crippen LogP) is 3.44. The van der Waals surface area contributed by atoms with Crippen LogP contribution in [0.25, 0.3) is 10.9 Å². The van der Waals surface area contributed by atoms with Crippen LogP contribution in [0.2, 0.25) is 0 Å². The minimum atomic E-state index is 0.690. The molecular formula is C16H23N3O. The summed E-state index contributed by atoms with van der Waals surface area (Å²) in [4.78, 5) is 4.33. The normalized spacial score (nSPS) is 10.8. The number of anilines is 2. The first kappa shape index (κ1) is 14.6. The van der Waals surface area contributed by atoms with E-state index in [1.54, 1.807) is 6.20 Å². The lowest BCUT2D eigenvalue weighted by Crippen LogP contribution is -2.08. The van der Waals surface area contributed by atoms with Crippen LogP contribution < -0.4 is 11.1 Å². The second kappa shape index (κ2) is 7.70. The summed E-state index contributed by atoms with van der Waals surface area (Å²) < 4.78 is 5.55. The highest BCUT2D eigenvalue weighted by Gasteiger charge is 2.05. The molecule has 0 unspecified atom stereocenters. The first-order valence-corrected chi connectivity index (χ1v) is 7.27. The zero-order valence-electron chi connectivity index (χ0n) is 12.1. The van der Waals surface area contributed by atoms with Crippen LogP contribution in [-0.4, -0.2) is 24.7 Å². The molecule has 0 amide bonds. The van der Waals surface area contributed by atoms with Gasteiger partial charge in [0.25, 0.3) is 0 Å². The molecule has 0 aliphatic heterocycles. The maximum atomic E-state index is 6.01. The number of unbranched alkanes of at least 4 members (excludes halogenated alkanes) is 1. The summed E-state index contributed by atoms with van der Waals surface area (Å²) in [7, 11) is 0. The zero-order valence-corrected chi connectivity index (χ0v) is 12.1. The molecule has 0 aliphatic rings. The van der Waals surface area contributed by atoms with E-state index in [2.05, 4.69) is 17.2 Å². The lowest BCUT2D eigenvalue weighted by Gasteiger charge is -2.12. The standard InChI is InChI=1S/C16H23N3O/c1-2-3-10-20-11-6-9-18-16-13-7-4-5-8-15(13)19-12-14(16)17/h4-5,7-8,12H,2-3,6,9-11,17H2,1H3,(H,18,19). The average Bonchev–Trinajstić information content (AvgIpc) is 2.48. The highest BCUT2D eigenvalue weighted by molar-refractivity contribution is 5.96. The smallest absolute Gasteiger partial charge is 0.0743 e. The van der Waals surface area contributed by atoms with Crippen molar-refractivity contribution >= 4 is 22.3 Å². The predicted molar refractivity (Wildman–Crippen MR) is 85.0 cm³/mol. The molecule has 1 heterocycles. The minimum Gasteiger partial charge on any atom is -0.396 e. The van der Waals surface area contributed by atoms with Gasteiger partial charge in [0.15, 0.2) is 0 Å². The summed E-state index contributed by atoms with van der Waals surface area (Å²) in [6.45, 7) is 4.67. The molecule has 4 heteroatoms. The summed E-state index contributed by atoms with van der Waals surface area (Å²) in [5, 5.41) is 4.47. The summed E-state index contributed by atoms with van der Waals surface area (Å²) >= 11 is 0. The van der Waals surface area contributed by atoms with Crippen molar-refractivity contribution in [3.63, 3.8) is 0 Å². The van der Waals surface area contributed by atoms with E-state index >= 15 is 0 Å². The van der Waals surface area contributed by atoms with Gasteiger partial charge in [-0.25, -0.2) is 0 Å². The van der Waals surface area contributed by atoms with Gasteiger partial charge in [-0.2, -0.15) is 0 Å².